The molecule has 0 aliphatic carbocycles. The van der Waals surface area contributed by atoms with Crippen LogP contribution in [0.5, 0.6) is 0 Å². The molecule has 4 rings (SSSR count). The molecule has 192 valence electrons. The number of carbonyl (C=O) groups is 1. The van der Waals surface area contributed by atoms with Gasteiger partial charge in [-0.1, -0.05) is 53.7 Å². The van der Waals surface area contributed by atoms with Crippen molar-refractivity contribution in [2.75, 3.05) is 7.11 Å². The summed E-state index contributed by atoms with van der Waals surface area (Å²) in [6, 6.07) is 17.5. The summed E-state index contributed by atoms with van der Waals surface area (Å²) in [6.45, 7) is 5.43. The van der Waals surface area contributed by atoms with Crippen molar-refractivity contribution in [1.29, 1.82) is 0 Å². The van der Waals surface area contributed by atoms with E-state index in [1.807, 2.05) is 31.2 Å². The first kappa shape index (κ1) is 26.1. The Balaban J connectivity index is 1.54. The molecule has 0 saturated heterocycles. The van der Waals surface area contributed by atoms with Crippen molar-refractivity contribution in [3.05, 3.63) is 83.4 Å². The topological polar surface area (TPSA) is 77.2 Å². The van der Waals surface area contributed by atoms with Gasteiger partial charge < -0.3 is 9.26 Å². The van der Waals surface area contributed by atoms with E-state index in [1.165, 1.54) is 19.2 Å². The first-order chi connectivity index (χ1) is 17.6. The zero-order valence-corrected chi connectivity index (χ0v) is 20.8. The molecule has 0 radical (unpaired) electrons. The van der Waals surface area contributed by atoms with E-state index in [0.717, 1.165) is 17.2 Å². The molecule has 2 atom stereocenters. The molecule has 4 aromatic rings. The van der Waals surface area contributed by atoms with Crippen LogP contribution in [0.4, 0.5) is 13.2 Å². The van der Waals surface area contributed by atoms with Gasteiger partial charge in [-0.15, -0.1) is 0 Å². The number of carbonyl (C=O) groups excluding carboxylic acids is 1. The summed E-state index contributed by atoms with van der Waals surface area (Å²) in [5.41, 5.74) is 2.88. The smallest absolute Gasteiger partial charge is 0.417 e. The molecule has 0 aliphatic rings. The van der Waals surface area contributed by atoms with Crippen LogP contribution >= 0.6 is 0 Å². The molecule has 1 N–H and O–H groups in total. The van der Waals surface area contributed by atoms with E-state index in [9.17, 15) is 18.0 Å². The summed E-state index contributed by atoms with van der Waals surface area (Å²) in [7, 11) is 1.35. The summed E-state index contributed by atoms with van der Waals surface area (Å²) in [5, 5.41) is 7.24. The van der Waals surface area contributed by atoms with Crippen molar-refractivity contribution in [3.63, 3.8) is 0 Å². The minimum Gasteiger partial charge on any atom is -0.468 e. The predicted molar refractivity (Wildman–Crippen MR) is 133 cm³/mol. The Hall–Kier alpha value is -3.98. The fourth-order valence-corrected chi connectivity index (χ4v) is 4.16. The lowest BCUT2D eigenvalue weighted by Crippen LogP contribution is -2.36. The summed E-state index contributed by atoms with van der Waals surface area (Å²) in [4.78, 5) is 16.1. The first-order valence-corrected chi connectivity index (χ1v) is 11.6. The van der Waals surface area contributed by atoms with Gasteiger partial charge in [-0.2, -0.15) is 18.2 Å². The Kier molecular flexibility index (Phi) is 7.45. The number of halogens is 3. The molecule has 0 saturated carbocycles. The zero-order chi connectivity index (χ0) is 26.7. The summed E-state index contributed by atoms with van der Waals surface area (Å²) in [5.74, 6) is 0.310. The van der Waals surface area contributed by atoms with Gasteiger partial charge in [-0.05, 0) is 61.2 Å². The second kappa shape index (κ2) is 10.6. The molecule has 1 heterocycles. The number of hydrogen-bond donors (Lipinski definition) is 1. The molecule has 9 heteroatoms. The summed E-state index contributed by atoms with van der Waals surface area (Å²) in [6.07, 6.45) is -4.45. The molecular formula is C28H26F3N3O3. The third kappa shape index (κ3) is 5.72. The quantitative estimate of drug-likeness (QED) is 0.283. The lowest BCUT2D eigenvalue weighted by atomic mass is 9.94. The molecule has 0 bridgehead atoms. The van der Waals surface area contributed by atoms with Crippen LogP contribution in [0.25, 0.3) is 34.0 Å². The third-order valence-corrected chi connectivity index (χ3v) is 6.15. The van der Waals surface area contributed by atoms with Crippen LogP contribution in [0.1, 0.15) is 36.6 Å². The minimum absolute atomic E-state index is 0.0899. The maximum absolute atomic E-state index is 13.5. The highest BCUT2D eigenvalue weighted by Gasteiger charge is 2.33. The molecule has 0 fully saturated rings. The SMILES string of the molecule is COC(=O)[C@H](C)N[C@H](C)c1ccc(-c2noc(-c3ccc(-c4ccccc4C(F)(F)F)c(C)c3)n2)cc1. The highest BCUT2D eigenvalue weighted by atomic mass is 19.4. The Bertz CT molecular complexity index is 1400. The van der Waals surface area contributed by atoms with E-state index in [4.69, 9.17) is 9.26 Å². The predicted octanol–water partition coefficient (Wildman–Crippen LogP) is 6.61. The number of aromatic nitrogens is 2. The Morgan fingerprint density at radius 2 is 1.65 bits per heavy atom. The normalized spacial score (nSPS) is 13.3. The molecule has 1 aromatic heterocycles. The second-order valence-corrected chi connectivity index (χ2v) is 8.75. The maximum Gasteiger partial charge on any atom is 0.417 e. The van der Waals surface area contributed by atoms with E-state index in [1.54, 1.807) is 38.1 Å². The monoisotopic (exact) mass is 509 g/mol. The fourth-order valence-electron chi connectivity index (χ4n) is 4.16. The van der Waals surface area contributed by atoms with Crippen LogP contribution < -0.4 is 5.32 Å². The average molecular weight is 510 g/mol. The van der Waals surface area contributed by atoms with Gasteiger partial charge in [0.1, 0.15) is 6.04 Å². The first-order valence-electron chi connectivity index (χ1n) is 11.6. The van der Waals surface area contributed by atoms with E-state index < -0.39 is 17.8 Å². The van der Waals surface area contributed by atoms with Crippen LogP contribution in [-0.2, 0) is 15.7 Å². The van der Waals surface area contributed by atoms with Crippen molar-refractivity contribution in [2.24, 2.45) is 0 Å². The summed E-state index contributed by atoms with van der Waals surface area (Å²) < 4.78 is 50.7. The number of ether oxygens (including phenoxy) is 1. The molecule has 3 aromatic carbocycles. The van der Waals surface area contributed by atoms with Gasteiger partial charge in [0.05, 0.1) is 12.7 Å². The van der Waals surface area contributed by atoms with Crippen LogP contribution in [0.2, 0.25) is 0 Å². The number of nitrogens with one attached hydrogen (secondary N) is 1. The largest absolute Gasteiger partial charge is 0.468 e. The van der Waals surface area contributed by atoms with Gasteiger partial charge in [-0.3, -0.25) is 10.1 Å². The zero-order valence-electron chi connectivity index (χ0n) is 20.8. The molecule has 0 aliphatic heterocycles. The lowest BCUT2D eigenvalue weighted by molar-refractivity contribution is -0.142. The van der Waals surface area contributed by atoms with Gasteiger partial charge in [-0.25, -0.2) is 0 Å². The number of aryl methyl sites for hydroxylation is 1. The van der Waals surface area contributed by atoms with Crippen molar-refractivity contribution < 1.29 is 27.2 Å². The van der Waals surface area contributed by atoms with Crippen molar-refractivity contribution in [2.45, 2.75) is 39.0 Å². The number of hydrogen-bond acceptors (Lipinski definition) is 6. The molecule has 0 spiro atoms. The van der Waals surface area contributed by atoms with Gasteiger partial charge in [0.25, 0.3) is 5.89 Å². The molecule has 0 amide bonds. The number of alkyl halides is 3. The van der Waals surface area contributed by atoms with E-state index in [-0.39, 0.29) is 23.5 Å². The highest BCUT2D eigenvalue weighted by molar-refractivity contribution is 5.75. The van der Waals surface area contributed by atoms with Gasteiger partial charge in [0.2, 0.25) is 5.82 Å². The van der Waals surface area contributed by atoms with E-state index >= 15 is 0 Å². The van der Waals surface area contributed by atoms with Crippen LogP contribution in [-0.4, -0.2) is 29.3 Å². The molecule has 0 unspecified atom stereocenters. The third-order valence-electron chi connectivity index (χ3n) is 6.15. The molecular weight excluding hydrogens is 483 g/mol. The number of esters is 1. The fraction of sp³-hybridized carbons (Fsp3) is 0.250. The van der Waals surface area contributed by atoms with E-state index in [2.05, 4.69) is 15.5 Å². The van der Waals surface area contributed by atoms with Gasteiger partial charge >= 0.3 is 12.1 Å². The van der Waals surface area contributed by atoms with Gasteiger partial charge in [0.15, 0.2) is 0 Å². The standard InChI is InChI=1S/C28H26F3N3O3/c1-16-15-21(13-14-22(16)23-7-5-6-8-24(23)28(29,30)31)26-33-25(34-37-26)20-11-9-19(10-12-20)17(2)32-18(3)27(35)36-4/h5-15,17-18,32H,1-4H3/t17-,18+/m1/s1. The average Bonchev–Trinajstić information content (AvgIpc) is 3.38. The Labute approximate surface area is 212 Å². The molecule has 37 heavy (non-hydrogen) atoms. The van der Waals surface area contributed by atoms with E-state index in [0.29, 0.717) is 22.5 Å². The van der Waals surface area contributed by atoms with Crippen LogP contribution in [0.15, 0.2) is 71.3 Å². The van der Waals surface area contributed by atoms with Crippen LogP contribution in [0, 0.1) is 6.92 Å². The Morgan fingerprint density at radius 1 is 0.973 bits per heavy atom. The Morgan fingerprint density at radius 3 is 2.30 bits per heavy atom. The van der Waals surface area contributed by atoms with Gasteiger partial charge in [0, 0.05) is 17.2 Å². The second-order valence-electron chi connectivity index (χ2n) is 8.75. The van der Waals surface area contributed by atoms with Crippen LogP contribution in [0.3, 0.4) is 0 Å². The molecule has 6 nitrogen and oxygen atoms in total. The highest BCUT2D eigenvalue weighted by Crippen LogP contribution is 2.38. The number of rotatable bonds is 7. The van der Waals surface area contributed by atoms with Crippen molar-refractivity contribution in [3.8, 4) is 34.0 Å². The van der Waals surface area contributed by atoms with Crippen molar-refractivity contribution in [1.82, 2.24) is 15.5 Å². The number of nitrogens with zero attached hydrogens (tertiary/aromatic N) is 2. The number of methoxy groups -OCH3 is 1. The maximum atomic E-state index is 13.5. The number of benzene rings is 3. The minimum atomic E-state index is -4.45. The lowest BCUT2D eigenvalue weighted by Gasteiger charge is -2.18. The van der Waals surface area contributed by atoms with Crippen molar-refractivity contribution >= 4 is 5.97 Å². The summed E-state index contributed by atoms with van der Waals surface area (Å²) >= 11 is 0.